The molecule has 0 atom stereocenters. The maximum atomic E-state index is 12.4. The fourth-order valence-electron chi connectivity index (χ4n) is 2.46. The first kappa shape index (κ1) is 15.4. The van der Waals surface area contributed by atoms with Gasteiger partial charge in [-0.3, -0.25) is 4.79 Å². The van der Waals surface area contributed by atoms with Crippen LogP contribution in [-0.2, 0) is 11.2 Å². The van der Waals surface area contributed by atoms with Gasteiger partial charge in [0.15, 0.2) is 0 Å². The Morgan fingerprint density at radius 1 is 1.22 bits per heavy atom. The van der Waals surface area contributed by atoms with Crippen LogP contribution in [-0.4, -0.2) is 42.2 Å². The van der Waals surface area contributed by atoms with Gasteiger partial charge in [0, 0.05) is 24.8 Å². The standard InChI is InChI=1S/C17H20N4O2/c1-2-13-3-5-14(6-4-13)20-17(22)15-11-16(19-12-18-15)21-7-9-23-10-8-21/h3-6,11-12H,2,7-10H2,1H3,(H,20,22). The fraction of sp³-hybridized carbons (Fsp3) is 0.353. The third-order valence-corrected chi connectivity index (χ3v) is 3.84. The number of ether oxygens (including phenoxy) is 1. The van der Waals surface area contributed by atoms with E-state index in [9.17, 15) is 4.79 Å². The molecule has 1 aliphatic heterocycles. The van der Waals surface area contributed by atoms with Crippen LogP contribution in [0.2, 0.25) is 0 Å². The Morgan fingerprint density at radius 3 is 2.65 bits per heavy atom. The molecule has 1 amide bonds. The first-order valence-electron chi connectivity index (χ1n) is 7.81. The summed E-state index contributed by atoms with van der Waals surface area (Å²) in [4.78, 5) is 22.8. The minimum Gasteiger partial charge on any atom is -0.378 e. The first-order chi connectivity index (χ1) is 11.3. The number of rotatable bonds is 4. The Labute approximate surface area is 135 Å². The zero-order valence-electron chi connectivity index (χ0n) is 13.2. The highest BCUT2D eigenvalue weighted by atomic mass is 16.5. The van der Waals surface area contributed by atoms with E-state index in [1.54, 1.807) is 6.07 Å². The number of aromatic nitrogens is 2. The number of aryl methyl sites for hydroxylation is 1. The van der Waals surface area contributed by atoms with Gasteiger partial charge in [-0.1, -0.05) is 19.1 Å². The smallest absolute Gasteiger partial charge is 0.274 e. The number of carbonyl (C=O) groups excluding carboxylic acids is 1. The third-order valence-electron chi connectivity index (χ3n) is 3.84. The minimum atomic E-state index is -0.230. The van der Waals surface area contributed by atoms with Gasteiger partial charge >= 0.3 is 0 Å². The van der Waals surface area contributed by atoms with E-state index >= 15 is 0 Å². The SMILES string of the molecule is CCc1ccc(NC(=O)c2cc(N3CCOCC3)ncn2)cc1. The predicted octanol–water partition coefficient (Wildman–Crippen LogP) is 2.13. The Bertz CT molecular complexity index is 667. The number of hydrogen-bond donors (Lipinski definition) is 1. The highest BCUT2D eigenvalue weighted by Gasteiger charge is 2.15. The molecule has 0 saturated carbocycles. The van der Waals surface area contributed by atoms with Gasteiger partial charge in [0.05, 0.1) is 13.2 Å². The van der Waals surface area contributed by atoms with Crippen molar-refractivity contribution in [1.29, 1.82) is 0 Å². The van der Waals surface area contributed by atoms with Crippen molar-refractivity contribution < 1.29 is 9.53 Å². The van der Waals surface area contributed by atoms with Crippen LogP contribution in [0.25, 0.3) is 0 Å². The van der Waals surface area contributed by atoms with E-state index in [2.05, 4.69) is 27.1 Å². The molecular formula is C17H20N4O2. The van der Waals surface area contributed by atoms with Crippen molar-refractivity contribution in [2.24, 2.45) is 0 Å². The van der Waals surface area contributed by atoms with E-state index in [-0.39, 0.29) is 5.91 Å². The Hall–Kier alpha value is -2.47. The number of amides is 1. The summed E-state index contributed by atoms with van der Waals surface area (Å²) in [5.74, 6) is 0.529. The molecule has 0 radical (unpaired) electrons. The highest BCUT2D eigenvalue weighted by molar-refractivity contribution is 6.03. The van der Waals surface area contributed by atoms with E-state index in [1.165, 1.54) is 11.9 Å². The lowest BCUT2D eigenvalue weighted by Crippen LogP contribution is -2.37. The van der Waals surface area contributed by atoms with Gasteiger partial charge in [0.1, 0.15) is 17.8 Å². The summed E-state index contributed by atoms with van der Waals surface area (Å²) >= 11 is 0. The largest absolute Gasteiger partial charge is 0.378 e. The van der Waals surface area contributed by atoms with Crippen LogP contribution in [0.15, 0.2) is 36.7 Å². The van der Waals surface area contributed by atoms with Gasteiger partial charge < -0.3 is 15.0 Å². The topological polar surface area (TPSA) is 67.4 Å². The molecule has 120 valence electrons. The number of anilines is 2. The summed E-state index contributed by atoms with van der Waals surface area (Å²) in [6, 6.07) is 9.55. The summed E-state index contributed by atoms with van der Waals surface area (Å²) < 4.78 is 5.33. The molecule has 6 heteroatoms. The fourth-order valence-corrected chi connectivity index (χ4v) is 2.46. The van der Waals surface area contributed by atoms with Crippen molar-refractivity contribution in [2.45, 2.75) is 13.3 Å². The van der Waals surface area contributed by atoms with Crippen LogP contribution in [0, 0.1) is 0 Å². The lowest BCUT2D eigenvalue weighted by atomic mass is 10.1. The highest BCUT2D eigenvalue weighted by Crippen LogP contribution is 2.15. The van der Waals surface area contributed by atoms with Crippen molar-refractivity contribution in [3.05, 3.63) is 47.9 Å². The average Bonchev–Trinajstić information content (AvgIpc) is 2.63. The lowest BCUT2D eigenvalue weighted by Gasteiger charge is -2.27. The van der Waals surface area contributed by atoms with E-state index in [4.69, 9.17) is 4.74 Å². The molecule has 2 aromatic rings. The lowest BCUT2D eigenvalue weighted by molar-refractivity contribution is 0.102. The summed E-state index contributed by atoms with van der Waals surface area (Å²) in [5, 5.41) is 2.87. The average molecular weight is 312 g/mol. The number of carbonyl (C=O) groups is 1. The van der Waals surface area contributed by atoms with Crippen molar-refractivity contribution in [2.75, 3.05) is 36.5 Å². The van der Waals surface area contributed by atoms with Gasteiger partial charge in [-0.15, -0.1) is 0 Å². The van der Waals surface area contributed by atoms with Crippen LogP contribution < -0.4 is 10.2 Å². The number of nitrogens with one attached hydrogen (secondary N) is 1. The Kier molecular flexibility index (Phi) is 4.83. The second kappa shape index (κ2) is 7.19. The minimum absolute atomic E-state index is 0.230. The Balaban J connectivity index is 1.71. The van der Waals surface area contributed by atoms with E-state index in [0.717, 1.165) is 31.0 Å². The first-order valence-corrected chi connectivity index (χ1v) is 7.81. The Morgan fingerprint density at radius 2 is 1.96 bits per heavy atom. The maximum Gasteiger partial charge on any atom is 0.274 e. The maximum absolute atomic E-state index is 12.4. The number of nitrogens with zero attached hydrogens (tertiary/aromatic N) is 3. The molecule has 23 heavy (non-hydrogen) atoms. The van der Waals surface area contributed by atoms with Gasteiger partial charge in [-0.2, -0.15) is 0 Å². The van der Waals surface area contributed by atoms with Crippen molar-refractivity contribution in [3.8, 4) is 0 Å². The molecular weight excluding hydrogens is 292 g/mol. The van der Waals surface area contributed by atoms with Gasteiger partial charge in [0.2, 0.25) is 0 Å². The van der Waals surface area contributed by atoms with Gasteiger partial charge in [-0.05, 0) is 24.1 Å². The van der Waals surface area contributed by atoms with Crippen LogP contribution in [0.4, 0.5) is 11.5 Å². The van der Waals surface area contributed by atoms with E-state index in [0.29, 0.717) is 18.9 Å². The number of benzene rings is 1. The molecule has 6 nitrogen and oxygen atoms in total. The molecule has 3 rings (SSSR count). The molecule has 0 spiro atoms. The second-order valence-electron chi connectivity index (χ2n) is 5.37. The van der Waals surface area contributed by atoms with Gasteiger partial charge in [-0.25, -0.2) is 9.97 Å². The summed E-state index contributed by atoms with van der Waals surface area (Å²) in [7, 11) is 0. The van der Waals surface area contributed by atoms with Crippen molar-refractivity contribution >= 4 is 17.4 Å². The number of hydrogen-bond acceptors (Lipinski definition) is 5. The van der Waals surface area contributed by atoms with Crippen LogP contribution in [0.3, 0.4) is 0 Å². The number of morpholine rings is 1. The molecule has 1 aromatic heterocycles. The summed E-state index contributed by atoms with van der Waals surface area (Å²) in [6.45, 7) is 5.00. The second-order valence-corrected chi connectivity index (χ2v) is 5.37. The van der Waals surface area contributed by atoms with Crippen molar-refractivity contribution in [3.63, 3.8) is 0 Å². The third kappa shape index (κ3) is 3.84. The zero-order chi connectivity index (χ0) is 16.1. The van der Waals surface area contributed by atoms with Crippen LogP contribution in [0.5, 0.6) is 0 Å². The van der Waals surface area contributed by atoms with Crippen LogP contribution in [0.1, 0.15) is 23.0 Å². The molecule has 1 aliphatic rings. The summed E-state index contributed by atoms with van der Waals surface area (Å²) in [6.07, 6.45) is 2.41. The monoisotopic (exact) mass is 312 g/mol. The molecule has 0 bridgehead atoms. The molecule has 1 N–H and O–H groups in total. The molecule has 0 aliphatic carbocycles. The normalized spacial score (nSPS) is 14.6. The zero-order valence-corrected chi connectivity index (χ0v) is 13.2. The molecule has 1 aromatic carbocycles. The quantitative estimate of drug-likeness (QED) is 0.937. The molecule has 1 saturated heterocycles. The van der Waals surface area contributed by atoms with E-state index in [1.807, 2.05) is 24.3 Å². The van der Waals surface area contributed by atoms with Gasteiger partial charge in [0.25, 0.3) is 5.91 Å². The van der Waals surface area contributed by atoms with Crippen LogP contribution >= 0.6 is 0 Å². The molecule has 1 fully saturated rings. The predicted molar refractivity (Wildman–Crippen MR) is 88.8 cm³/mol. The summed E-state index contributed by atoms with van der Waals surface area (Å²) in [5.41, 5.74) is 2.36. The molecule has 0 unspecified atom stereocenters. The van der Waals surface area contributed by atoms with Crippen molar-refractivity contribution in [1.82, 2.24) is 9.97 Å². The molecule has 2 heterocycles. The van der Waals surface area contributed by atoms with E-state index < -0.39 is 0 Å².